The molecule has 0 heterocycles. The zero-order chi connectivity index (χ0) is 12.0. The van der Waals surface area contributed by atoms with Gasteiger partial charge >= 0.3 is 0 Å². The van der Waals surface area contributed by atoms with Crippen LogP contribution in [0.25, 0.3) is 0 Å². The Morgan fingerprint density at radius 2 is 1.81 bits per heavy atom. The van der Waals surface area contributed by atoms with Gasteiger partial charge in [0.1, 0.15) is 5.75 Å². The highest BCUT2D eigenvalue weighted by atomic mass is 79.9. The molecule has 0 aliphatic heterocycles. The van der Waals surface area contributed by atoms with Gasteiger partial charge in [-0.15, -0.1) is 0 Å². The molecule has 16 heavy (non-hydrogen) atoms. The van der Waals surface area contributed by atoms with Crippen LogP contribution in [0.1, 0.15) is 25.7 Å². The second-order valence-corrected chi connectivity index (χ2v) is 4.04. The number of ether oxygens (including phenoxy) is 3. The summed E-state index contributed by atoms with van der Waals surface area (Å²) >= 11 is 3.43. The molecule has 1 aromatic rings. The maximum absolute atomic E-state index is 5.54. The average molecular weight is 289 g/mol. The number of hydrogen-bond donors (Lipinski definition) is 0. The van der Waals surface area contributed by atoms with Gasteiger partial charge in [-0.25, -0.2) is 0 Å². The molecule has 3 nitrogen and oxygen atoms in total. The average Bonchev–Trinajstić information content (AvgIpc) is 2.29. The summed E-state index contributed by atoms with van der Waals surface area (Å²) in [6.45, 7) is 5.08. The zero-order valence-electron chi connectivity index (χ0n) is 9.83. The minimum Gasteiger partial charge on any atom is -0.496 e. The summed E-state index contributed by atoms with van der Waals surface area (Å²) in [6.07, 6.45) is -0.373. The molecular formula is C12H17BrO3. The highest BCUT2D eigenvalue weighted by Gasteiger charge is 2.16. The summed E-state index contributed by atoms with van der Waals surface area (Å²) < 4.78 is 17.4. The van der Waals surface area contributed by atoms with Crippen molar-refractivity contribution in [2.45, 2.75) is 20.1 Å². The van der Waals surface area contributed by atoms with E-state index in [0.29, 0.717) is 13.2 Å². The van der Waals surface area contributed by atoms with E-state index in [1.807, 2.05) is 32.0 Å². The van der Waals surface area contributed by atoms with Crippen LogP contribution >= 0.6 is 15.9 Å². The molecule has 0 aromatic heterocycles. The molecule has 0 saturated carbocycles. The van der Waals surface area contributed by atoms with Crippen LogP contribution in [-0.4, -0.2) is 20.3 Å². The molecule has 0 radical (unpaired) electrons. The van der Waals surface area contributed by atoms with E-state index in [2.05, 4.69) is 15.9 Å². The first-order chi connectivity index (χ1) is 7.72. The summed E-state index contributed by atoms with van der Waals surface area (Å²) in [6, 6.07) is 5.77. The third kappa shape index (κ3) is 3.47. The Balaban J connectivity index is 3.00. The van der Waals surface area contributed by atoms with Gasteiger partial charge in [0.05, 0.1) is 12.7 Å². The molecular weight excluding hydrogens is 272 g/mol. The van der Waals surface area contributed by atoms with Gasteiger partial charge in [-0.3, -0.25) is 0 Å². The Kier molecular flexibility index (Phi) is 5.80. The SMILES string of the molecule is CCOC(OCC)c1cc(Br)ccc1OC. The van der Waals surface area contributed by atoms with Gasteiger partial charge in [-0.2, -0.15) is 0 Å². The molecule has 0 aliphatic rings. The largest absolute Gasteiger partial charge is 0.496 e. The molecule has 0 spiro atoms. The highest BCUT2D eigenvalue weighted by molar-refractivity contribution is 9.10. The minimum atomic E-state index is -0.373. The van der Waals surface area contributed by atoms with Crippen molar-refractivity contribution in [3.8, 4) is 5.75 Å². The third-order valence-corrected chi connectivity index (χ3v) is 2.58. The molecule has 0 fully saturated rings. The van der Waals surface area contributed by atoms with Crippen LogP contribution in [0.2, 0.25) is 0 Å². The monoisotopic (exact) mass is 288 g/mol. The van der Waals surface area contributed by atoms with Crippen molar-refractivity contribution in [3.63, 3.8) is 0 Å². The summed E-state index contributed by atoms with van der Waals surface area (Å²) in [5.74, 6) is 0.773. The molecule has 4 heteroatoms. The number of rotatable bonds is 6. The lowest BCUT2D eigenvalue weighted by Crippen LogP contribution is -2.10. The predicted molar refractivity (Wildman–Crippen MR) is 66.7 cm³/mol. The molecule has 1 rings (SSSR count). The maximum atomic E-state index is 5.54. The lowest BCUT2D eigenvalue weighted by molar-refractivity contribution is -0.141. The van der Waals surface area contributed by atoms with E-state index in [1.165, 1.54) is 0 Å². The van der Waals surface area contributed by atoms with E-state index in [0.717, 1.165) is 15.8 Å². The zero-order valence-corrected chi connectivity index (χ0v) is 11.4. The van der Waals surface area contributed by atoms with Crippen molar-refractivity contribution in [2.75, 3.05) is 20.3 Å². The van der Waals surface area contributed by atoms with Gasteiger partial charge in [-0.1, -0.05) is 15.9 Å². The van der Waals surface area contributed by atoms with E-state index in [1.54, 1.807) is 7.11 Å². The van der Waals surface area contributed by atoms with E-state index in [4.69, 9.17) is 14.2 Å². The van der Waals surface area contributed by atoms with Crippen molar-refractivity contribution >= 4 is 15.9 Å². The molecule has 0 amide bonds. The number of hydrogen-bond acceptors (Lipinski definition) is 3. The lowest BCUT2D eigenvalue weighted by Gasteiger charge is -2.19. The van der Waals surface area contributed by atoms with E-state index >= 15 is 0 Å². The minimum absolute atomic E-state index is 0.373. The molecule has 0 unspecified atom stereocenters. The quantitative estimate of drug-likeness (QED) is 0.750. The standard InChI is InChI=1S/C12H17BrO3/c1-4-15-12(16-5-2)10-8-9(13)6-7-11(10)14-3/h6-8,12H,4-5H2,1-3H3. The summed E-state index contributed by atoms with van der Waals surface area (Å²) in [5, 5.41) is 0. The molecule has 0 N–H and O–H groups in total. The number of methoxy groups -OCH3 is 1. The first-order valence-electron chi connectivity index (χ1n) is 5.29. The molecule has 1 aromatic carbocycles. The van der Waals surface area contributed by atoms with Crippen LogP contribution in [0.4, 0.5) is 0 Å². The number of halogens is 1. The van der Waals surface area contributed by atoms with Crippen LogP contribution in [0, 0.1) is 0 Å². The van der Waals surface area contributed by atoms with Gasteiger partial charge in [0, 0.05) is 17.7 Å². The summed E-state index contributed by atoms with van der Waals surface area (Å²) in [5.41, 5.74) is 0.903. The first kappa shape index (κ1) is 13.5. The van der Waals surface area contributed by atoms with Crippen molar-refractivity contribution in [3.05, 3.63) is 28.2 Å². The first-order valence-corrected chi connectivity index (χ1v) is 6.08. The molecule has 0 bridgehead atoms. The van der Waals surface area contributed by atoms with Crippen LogP contribution < -0.4 is 4.74 Å². The van der Waals surface area contributed by atoms with Crippen molar-refractivity contribution < 1.29 is 14.2 Å². The molecule has 0 atom stereocenters. The maximum Gasteiger partial charge on any atom is 0.187 e. The fourth-order valence-electron chi connectivity index (χ4n) is 1.42. The Labute approximate surface area is 105 Å². The van der Waals surface area contributed by atoms with Crippen molar-refractivity contribution in [2.24, 2.45) is 0 Å². The normalized spacial score (nSPS) is 10.8. The van der Waals surface area contributed by atoms with E-state index in [-0.39, 0.29) is 6.29 Å². The van der Waals surface area contributed by atoms with E-state index in [9.17, 15) is 0 Å². The van der Waals surface area contributed by atoms with Crippen LogP contribution in [0.5, 0.6) is 5.75 Å². The predicted octanol–water partition coefficient (Wildman–Crippen LogP) is 3.53. The van der Waals surface area contributed by atoms with Crippen LogP contribution in [0.3, 0.4) is 0 Å². The van der Waals surface area contributed by atoms with Gasteiger partial charge in [0.2, 0.25) is 0 Å². The Morgan fingerprint density at radius 1 is 1.19 bits per heavy atom. The van der Waals surface area contributed by atoms with Crippen molar-refractivity contribution in [1.29, 1.82) is 0 Å². The van der Waals surface area contributed by atoms with E-state index < -0.39 is 0 Å². The smallest absolute Gasteiger partial charge is 0.187 e. The Bertz CT molecular complexity index is 322. The lowest BCUT2D eigenvalue weighted by atomic mass is 10.2. The molecule has 0 saturated heterocycles. The second kappa shape index (κ2) is 6.89. The van der Waals surface area contributed by atoms with Gasteiger partial charge in [-0.05, 0) is 32.0 Å². The Morgan fingerprint density at radius 3 is 2.31 bits per heavy atom. The fraction of sp³-hybridized carbons (Fsp3) is 0.500. The van der Waals surface area contributed by atoms with Crippen molar-refractivity contribution in [1.82, 2.24) is 0 Å². The van der Waals surface area contributed by atoms with Crippen LogP contribution in [0.15, 0.2) is 22.7 Å². The second-order valence-electron chi connectivity index (χ2n) is 3.13. The summed E-state index contributed by atoms with van der Waals surface area (Å²) in [7, 11) is 1.64. The van der Waals surface area contributed by atoms with Gasteiger partial charge in [0.15, 0.2) is 6.29 Å². The molecule has 0 aliphatic carbocycles. The topological polar surface area (TPSA) is 27.7 Å². The highest BCUT2D eigenvalue weighted by Crippen LogP contribution is 2.31. The summed E-state index contributed by atoms with van der Waals surface area (Å²) in [4.78, 5) is 0. The van der Waals surface area contributed by atoms with Gasteiger partial charge < -0.3 is 14.2 Å². The fourth-order valence-corrected chi connectivity index (χ4v) is 1.80. The third-order valence-electron chi connectivity index (χ3n) is 2.08. The van der Waals surface area contributed by atoms with Crippen LogP contribution in [-0.2, 0) is 9.47 Å². The number of benzene rings is 1. The molecule has 90 valence electrons. The Hall–Kier alpha value is -0.580. The van der Waals surface area contributed by atoms with Gasteiger partial charge in [0.25, 0.3) is 0 Å².